The molecule has 0 spiro atoms. The van der Waals surface area contributed by atoms with E-state index in [1.54, 1.807) is 24.3 Å². The average molecular weight is 339 g/mol. The Kier molecular flexibility index (Phi) is 5.11. The molecule has 116 valence electrons. The topological polar surface area (TPSA) is 52.6 Å². The largest absolute Gasteiger partial charge is 0.493 e. The molecule has 0 N–H and O–H groups in total. The molecule has 2 rings (SSSR count). The number of benzene rings is 2. The van der Waals surface area contributed by atoms with Crippen LogP contribution in [0.25, 0.3) is 0 Å². The zero-order valence-corrected chi connectivity index (χ0v) is 13.5. The van der Waals surface area contributed by atoms with Gasteiger partial charge in [-0.1, -0.05) is 23.7 Å². The first-order valence-electron chi connectivity index (χ1n) is 6.44. The second-order valence-corrected chi connectivity index (χ2v) is 6.45. The fourth-order valence-corrected chi connectivity index (χ4v) is 2.91. The Bertz CT molecular complexity index is 767. The van der Waals surface area contributed by atoms with Crippen molar-refractivity contribution in [3.63, 3.8) is 0 Å². The number of methoxy groups -OCH3 is 1. The number of halogens is 1. The lowest BCUT2D eigenvalue weighted by atomic mass is 10.1. The zero-order chi connectivity index (χ0) is 16.2. The van der Waals surface area contributed by atoms with Crippen LogP contribution in [0.2, 0.25) is 5.02 Å². The average Bonchev–Trinajstić information content (AvgIpc) is 2.49. The molecule has 0 heterocycles. The van der Waals surface area contributed by atoms with Gasteiger partial charge in [-0.05, 0) is 48.4 Å². The summed E-state index contributed by atoms with van der Waals surface area (Å²) in [6.07, 6.45) is 2.40. The van der Waals surface area contributed by atoms with Crippen molar-refractivity contribution in [1.29, 1.82) is 0 Å². The molecule has 0 aromatic heterocycles. The van der Waals surface area contributed by atoms with Crippen molar-refractivity contribution >= 4 is 21.7 Å². The van der Waals surface area contributed by atoms with Crippen LogP contribution in [-0.2, 0) is 16.5 Å². The third-order valence-corrected chi connectivity index (χ3v) is 4.41. The number of allylic oxidation sites excluding steroid dienone is 1. The predicted octanol–water partition coefficient (Wildman–Crippen LogP) is 3.84. The Labute approximate surface area is 135 Å². The summed E-state index contributed by atoms with van der Waals surface area (Å²) in [7, 11) is -2.49. The SMILES string of the molecule is C=CCc1ccc(OS(=O)(=O)c2ccc(Cl)cc2)c(OC)c1. The third kappa shape index (κ3) is 3.81. The van der Waals surface area contributed by atoms with Crippen molar-refractivity contribution in [1.82, 2.24) is 0 Å². The van der Waals surface area contributed by atoms with E-state index >= 15 is 0 Å². The highest BCUT2D eigenvalue weighted by Gasteiger charge is 2.19. The Morgan fingerprint density at radius 1 is 1.14 bits per heavy atom. The maximum Gasteiger partial charge on any atom is 0.339 e. The highest BCUT2D eigenvalue weighted by atomic mass is 35.5. The van der Waals surface area contributed by atoms with Crippen LogP contribution in [0.15, 0.2) is 60.0 Å². The van der Waals surface area contributed by atoms with E-state index in [9.17, 15) is 8.42 Å². The molecule has 0 bridgehead atoms. The number of ether oxygens (including phenoxy) is 1. The maximum absolute atomic E-state index is 12.3. The Balaban J connectivity index is 2.32. The first-order chi connectivity index (χ1) is 10.5. The molecule has 0 unspecified atom stereocenters. The van der Waals surface area contributed by atoms with Crippen LogP contribution < -0.4 is 8.92 Å². The quantitative estimate of drug-likeness (QED) is 0.593. The summed E-state index contributed by atoms with van der Waals surface area (Å²) >= 11 is 5.75. The van der Waals surface area contributed by atoms with E-state index in [1.807, 2.05) is 0 Å². The van der Waals surface area contributed by atoms with Crippen molar-refractivity contribution in [2.45, 2.75) is 11.3 Å². The zero-order valence-electron chi connectivity index (χ0n) is 12.0. The summed E-state index contributed by atoms with van der Waals surface area (Å²) in [5.74, 6) is 0.474. The molecule has 0 amide bonds. The molecule has 6 heteroatoms. The van der Waals surface area contributed by atoms with E-state index < -0.39 is 10.1 Å². The minimum atomic E-state index is -3.95. The van der Waals surface area contributed by atoms with E-state index in [0.717, 1.165) is 5.56 Å². The monoisotopic (exact) mass is 338 g/mol. The first-order valence-corrected chi connectivity index (χ1v) is 8.23. The van der Waals surface area contributed by atoms with Gasteiger partial charge in [-0.2, -0.15) is 8.42 Å². The van der Waals surface area contributed by atoms with Gasteiger partial charge in [0.15, 0.2) is 11.5 Å². The van der Waals surface area contributed by atoms with Crippen LogP contribution in [-0.4, -0.2) is 15.5 Å². The summed E-state index contributed by atoms with van der Waals surface area (Å²) in [5, 5.41) is 0.449. The van der Waals surface area contributed by atoms with Crippen LogP contribution in [0.3, 0.4) is 0 Å². The van der Waals surface area contributed by atoms with Gasteiger partial charge in [-0.15, -0.1) is 6.58 Å². The summed E-state index contributed by atoms with van der Waals surface area (Å²) in [5.41, 5.74) is 0.947. The van der Waals surface area contributed by atoms with Gasteiger partial charge in [0, 0.05) is 5.02 Å². The van der Waals surface area contributed by atoms with Crippen LogP contribution in [0.4, 0.5) is 0 Å². The molecular weight excluding hydrogens is 324 g/mol. The smallest absolute Gasteiger partial charge is 0.339 e. The second-order valence-electron chi connectivity index (χ2n) is 4.47. The van der Waals surface area contributed by atoms with E-state index in [4.69, 9.17) is 20.5 Å². The molecule has 0 saturated heterocycles. The molecule has 0 aliphatic rings. The third-order valence-electron chi connectivity index (χ3n) is 2.91. The molecule has 22 heavy (non-hydrogen) atoms. The standard InChI is InChI=1S/C16H15ClO4S/c1-3-4-12-5-10-15(16(11-12)20-2)21-22(18,19)14-8-6-13(17)7-9-14/h3,5-11H,1,4H2,2H3. The van der Waals surface area contributed by atoms with Gasteiger partial charge >= 0.3 is 10.1 Å². The van der Waals surface area contributed by atoms with Crippen molar-refractivity contribution in [3.05, 3.63) is 65.7 Å². The molecule has 0 aliphatic heterocycles. The van der Waals surface area contributed by atoms with Gasteiger partial charge in [-0.3, -0.25) is 0 Å². The van der Waals surface area contributed by atoms with E-state index in [-0.39, 0.29) is 10.6 Å². The minimum absolute atomic E-state index is 0.0223. The van der Waals surface area contributed by atoms with Gasteiger partial charge in [-0.25, -0.2) is 0 Å². The van der Waals surface area contributed by atoms with E-state index in [2.05, 4.69) is 6.58 Å². The summed E-state index contributed by atoms with van der Waals surface area (Å²) in [4.78, 5) is 0.0223. The molecular formula is C16H15ClO4S. The van der Waals surface area contributed by atoms with Crippen molar-refractivity contribution < 1.29 is 17.3 Å². The molecule has 2 aromatic rings. The van der Waals surface area contributed by atoms with Gasteiger partial charge in [0.05, 0.1) is 7.11 Å². The van der Waals surface area contributed by atoms with Crippen molar-refractivity contribution in [3.8, 4) is 11.5 Å². The Hall–Kier alpha value is -1.98. The molecule has 0 fully saturated rings. The fourth-order valence-electron chi connectivity index (χ4n) is 1.84. The predicted molar refractivity (Wildman–Crippen MR) is 86.2 cm³/mol. The van der Waals surface area contributed by atoms with E-state index in [1.165, 1.54) is 31.4 Å². The Morgan fingerprint density at radius 2 is 1.82 bits per heavy atom. The second kappa shape index (κ2) is 6.85. The van der Waals surface area contributed by atoms with Crippen LogP contribution in [0.1, 0.15) is 5.56 Å². The highest BCUT2D eigenvalue weighted by Crippen LogP contribution is 2.31. The molecule has 0 saturated carbocycles. The van der Waals surface area contributed by atoms with Crippen LogP contribution >= 0.6 is 11.6 Å². The van der Waals surface area contributed by atoms with Gasteiger partial charge in [0.1, 0.15) is 4.90 Å². The lowest BCUT2D eigenvalue weighted by Crippen LogP contribution is -2.10. The highest BCUT2D eigenvalue weighted by molar-refractivity contribution is 7.87. The van der Waals surface area contributed by atoms with Gasteiger partial charge in [0.25, 0.3) is 0 Å². The molecule has 0 radical (unpaired) electrons. The first kappa shape index (κ1) is 16.4. The number of hydrogen-bond donors (Lipinski definition) is 0. The number of rotatable bonds is 6. The lowest BCUT2D eigenvalue weighted by molar-refractivity contribution is 0.390. The Morgan fingerprint density at radius 3 is 2.41 bits per heavy atom. The summed E-state index contributed by atoms with van der Waals surface area (Å²) in [6, 6.07) is 10.8. The van der Waals surface area contributed by atoms with Crippen LogP contribution in [0, 0.1) is 0 Å². The molecule has 4 nitrogen and oxygen atoms in total. The molecule has 0 atom stereocenters. The van der Waals surface area contributed by atoms with Crippen molar-refractivity contribution in [2.24, 2.45) is 0 Å². The summed E-state index contributed by atoms with van der Waals surface area (Å²) in [6.45, 7) is 3.66. The normalized spacial score (nSPS) is 11.0. The molecule has 0 aliphatic carbocycles. The van der Waals surface area contributed by atoms with Gasteiger partial charge in [0.2, 0.25) is 0 Å². The fraction of sp³-hybridized carbons (Fsp3) is 0.125. The van der Waals surface area contributed by atoms with Crippen LogP contribution in [0.5, 0.6) is 11.5 Å². The number of hydrogen-bond acceptors (Lipinski definition) is 4. The van der Waals surface area contributed by atoms with Crippen molar-refractivity contribution in [2.75, 3.05) is 7.11 Å². The lowest BCUT2D eigenvalue weighted by Gasteiger charge is -2.12. The molecule has 2 aromatic carbocycles. The maximum atomic E-state index is 12.3. The summed E-state index contributed by atoms with van der Waals surface area (Å²) < 4.78 is 34.9. The van der Waals surface area contributed by atoms with Gasteiger partial charge < -0.3 is 8.92 Å². The van der Waals surface area contributed by atoms with E-state index in [0.29, 0.717) is 17.2 Å². The minimum Gasteiger partial charge on any atom is -0.493 e.